The van der Waals surface area contributed by atoms with Crippen LogP contribution in [0.5, 0.6) is 0 Å². The topological polar surface area (TPSA) is 29.5 Å². The van der Waals surface area contributed by atoms with E-state index in [1.165, 1.54) is 25.7 Å². The van der Waals surface area contributed by atoms with E-state index in [1.807, 2.05) is 0 Å². The average molecular weight is 198 g/mol. The van der Waals surface area contributed by atoms with Crippen LogP contribution < -0.4 is 0 Å². The van der Waals surface area contributed by atoms with E-state index in [1.54, 1.807) is 0 Å². The second-order valence-corrected chi connectivity index (χ2v) is 5.05. The predicted octanol–water partition coefficient (Wildman–Crippen LogP) is 2.50. The molecular formula is C12H22O2. The van der Waals surface area contributed by atoms with Gasteiger partial charge in [0.1, 0.15) is 0 Å². The van der Waals surface area contributed by atoms with Crippen molar-refractivity contribution in [2.45, 2.75) is 57.0 Å². The lowest BCUT2D eigenvalue weighted by Gasteiger charge is -2.32. The zero-order chi connectivity index (χ0) is 9.86. The summed E-state index contributed by atoms with van der Waals surface area (Å²) in [7, 11) is 0. The minimum atomic E-state index is -0.319. The molecule has 1 unspecified atom stereocenters. The second kappa shape index (κ2) is 4.63. The summed E-state index contributed by atoms with van der Waals surface area (Å²) >= 11 is 0. The fourth-order valence-electron chi connectivity index (χ4n) is 2.74. The molecular weight excluding hydrogens is 176 g/mol. The highest BCUT2D eigenvalue weighted by molar-refractivity contribution is 4.83. The Morgan fingerprint density at radius 1 is 1.21 bits per heavy atom. The highest BCUT2D eigenvalue weighted by Crippen LogP contribution is 2.33. The molecule has 0 bridgehead atoms. The van der Waals surface area contributed by atoms with Crippen LogP contribution in [0.4, 0.5) is 0 Å². The van der Waals surface area contributed by atoms with Gasteiger partial charge in [0.25, 0.3) is 0 Å². The fourth-order valence-corrected chi connectivity index (χ4v) is 2.74. The average Bonchev–Trinajstić information content (AvgIpc) is 2.69. The lowest BCUT2D eigenvalue weighted by atomic mass is 9.80. The van der Waals surface area contributed by atoms with Gasteiger partial charge in [-0.3, -0.25) is 0 Å². The molecule has 82 valence electrons. The van der Waals surface area contributed by atoms with Crippen molar-refractivity contribution in [1.29, 1.82) is 0 Å². The first-order valence-corrected chi connectivity index (χ1v) is 6.09. The highest BCUT2D eigenvalue weighted by Gasteiger charge is 2.30. The number of hydrogen-bond donors (Lipinski definition) is 1. The Balaban J connectivity index is 1.72. The van der Waals surface area contributed by atoms with Gasteiger partial charge in [-0.2, -0.15) is 0 Å². The summed E-state index contributed by atoms with van der Waals surface area (Å²) in [4.78, 5) is 0. The molecule has 2 nitrogen and oxygen atoms in total. The quantitative estimate of drug-likeness (QED) is 0.755. The van der Waals surface area contributed by atoms with Crippen molar-refractivity contribution in [1.82, 2.24) is 0 Å². The number of ether oxygens (including phenoxy) is 1. The third-order valence-electron chi connectivity index (χ3n) is 3.83. The van der Waals surface area contributed by atoms with Gasteiger partial charge >= 0.3 is 0 Å². The van der Waals surface area contributed by atoms with E-state index in [9.17, 15) is 5.11 Å². The summed E-state index contributed by atoms with van der Waals surface area (Å²) in [6.45, 7) is 1.86. The Morgan fingerprint density at radius 2 is 2.00 bits per heavy atom. The minimum Gasteiger partial charge on any atom is -0.390 e. The van der Waals surface area contributed by atoms with E-state index in [-0.39, 0.29) is 5.60 Å². The molecule has 0 radical (unpaired) electrons. The molecule has 0 aromatic carbocycles. The van der Waals surface area contributed by atoms with E-state index in [4.69, 9.17) is 4.74 Å². The van der Waals surface area contributed by atoms with Crippen molar-refractivity contribution in [3.05, 3.63) is 0 Å². The van der Waals surface area contributed by atoms with E-state index < -0.39 is 0 Å². The molecule has 2 heteroatoms. The summed E-state index contributed by atoms with van der Waals surface area (Å²) in [5.74, 6) is 0.723. The normalized spacial score (nSPS) is 31.9. The van der Waals surface area contributed by atoms with Crippen molar-refractivity contribution in [3.63, 3.8) is 0 Å². The molecule has 1 saturated carbocycles. The molecule has 1 heterocycles. The van der Waals surface area contributed by atoms with Crippen LogP contribution in [0.15, 0.2) is 0 Å². The van der Waals surface area contributed by atoms with Crippen molar-refractivity contribution in [2.75, 3.05) is 13.2 Å². The Hall–Kier alpha value is -0.0800. The summed E-state index contributed by atoms with van der Waals surface area (Å²) in [5, 5.41) is 10.3. The zero-order valence-corrected chi connectivity index (χ0v) is 9.00. The lowest BCUT2D eigenvalue weighted by Crippen LogP contribution is -2.31. The molecule has 0 spiro atoms. The van der Waals surface area contributed by atoms with Crippen LogP contribution in [0.1, 0.15) is 51.4 Å². The summed E-state index contributed by atoms with van der Waals surface area (Å²) < 4.78 is 5.35. The first kappa shape index (κ1) is 10.4. The van der Waals surface area contributed by atoms with Crippen molar-refractivity contribution >= 4 is 0 Å². The smallest absolute Gasteiger partial charge is 0.0648 e. The Morgan fingerprint density at radius 3 is 2.64 bits per heavy atom. The Labute approximate surface area is 86.6 Å². The minimum absolute atomic E-state index is 0.319. The molecule has 2 aliphatic rings. The Bertz CT molecular complexity index is 167. The molecule has 1 aliphatic heterocycles. The molecule has 0 aromatic rings. The van der Waals surface area contributed by atoms with Crippen LogP contribution in [0, 0.1) is 5.92 Å². The molecule has 1 N–H and O–H groups in total. The highest BCUT2D eigenvalue weighted by atomic mass is 16.5. The lowest BCUT2D eigenvalue weighted by molar-refractivity contribution is -0.00916. The molecule has 1 atom stereocenters. The van der Waals surface area contributed by atoms with Crippen LogP contribution in [-0.2, 0) is 4.74 Å². The van der Waals surface area contributed by atoms with Gasteiger partial charge in [-0.25, -0.2) is 0 Å². The Kier molecular flexibility index (Phi) is 3.45. The van der Waals surface area contributed by atoms with E-state index in [0.717, 1.165) is 44.8 Å². The standard InChI is InChI=1S/C12H22O2/c13-12(6-2-1-3-7-12)8-4-11-5-9-14-10-11/h11,13H,1-10H2. The van der Waals surface area contributed by atoms with Crippen LogP contribution >= 0.6 is 0 Å². The summed E-state index contributed by atoms with van der Waals surface area (Å²) in [5.41, 5.74) is -0.319. The van der Waals surface area contributed by atoms with Crippen LogP contribution in [0.3, 0.4) is 0 Å². The molecule has 2 fully saturated rings. The van der Waals surface area contributed by atoms with Crippen molar-refractivity contribution in [3.8, 4) is 0 Å². The zero-order valence-electron chi connectivity index (χ0n) is 9.00. The summed E-state index contributed by atoms with van der Waals surface area (Å²) in [6.07, 6.45) is 9.18. The van der Waals surface area contributed by atoms with Gasteiger partial charge in [0.15, 0.2) is 0 Å². The largest absolute Gasteiger partial charge is 0.390 e. The van der Waals surface area contributed by atoms with Gasteiger partial charge < -0.3 is 9.84 Å². The van der Waals surface area contributed by atoms with Crippen molar-refractivity contribution in [2.24, 2.45) is 5.92 Å². The first-order valence-electron chi connectivity index (χ1n) is 6.09. The monoisotopic (exact) mass is 198 g/mol. The van der Waals surface area contributed by atoms with Gasteiger partial charge in [-0.1, -0.05) is 19.3 Å². The number of aliphatic hydroxyl groups is 1. The maximum atomic E-state index is 10.3. The van der Waals surface area contributed by atoms with Gasteiger partial charge in [-0.05, 0) is 38.0 Å². The number of rotatable bonds is 3. The SMILES string of the molecule is OC1(CCC2CCOC2)CCCCC1. The van der Waals surface area contributed by atoms with Gasteiger partial charge in [0.05, 0.1) is 5.60 Å². The predicted molar refractivity (Wildman–Crippen MR) is 56.2 cm³/mol. The van der Waals surface area contributed by atoms with Gasteiger partial charge in [-0.15, -0.1) is 0 Å². The fraction of sp³-hybridized carbons (Fsp3) is 1.00. The van der Waals surface area contributed by atoms with E-state index in [0.29, 0.717) is 0 Å². The second-order valence-electron chi connectivity index (χ2n) is 5.05. The molecule has 1 aliphatic carbocycles. The van der Waals surface area contributed by atoms with Gasteiger partial charge in [0.2, 0.25) is 0 Å². The molecule has 14 heavy (non-hydrogen) atoms. The molecule has 2 rings (SSSR count). The first-order chi connectivity index (χ1) is 6.79. The van der Waals surface area contributed by atoms with Crippen LogP contribution in [0.25, 0.3) is 0 Å². The molecule has 0 aromatic heterocycles. The van der Waals surface area contributed by atoms with E-state index in [2.05, 4.69) is 0 Å². The van der Waals surface area contributed by atoms with Crippen molar-refractivity contribution < 1.29 is 9.84 Å². The van der Waals surface area contributed by atoms with Crippen LogP contribution in [-0.4, -0.2) is 23.9 Å². The summed E-state index contributed by atoms with van der Waals surface area (Å²) in [6, 6.07) is 0. The number of hydrogen-bond acceptors (Lipinski definition) is 2. The van der Waals surface area contributed by atoms with Gasteiger partial charge in [0, 0.05) is 13.2 Å². The van der Waals surface area contributed by atoms with Crippen LogP contribution in [0.2, 0.25) is 0 Å². The third-order valence-corrected chi connectivity index (χ3v) is 3.83. The molecule has 0 amide bonds. The molecule has 1 saturated heterocycles. The van der Waals surface area contributed by atoms with E-state index >= 15 is 0 Å². The third kappa shape index (κ3) is 2.71. The maximum Gasteiger partial charge on any atom is 0.0648 e. The maximum absolute atomic E-state index is 10.3.